The molecule has 2 aromatic heterocycles. The van der Waals surface area contributed by atoms with E-state index >= 15 is 0 Å². The Balaban J connectivity index is 2.57. The predicted octanol–water partition coefficient (Wildman–Crippen LogP) is 2.43. The van der Waals surface area contributed by atoms with Crippen LogP contribution >= 0.6 is 0 Å². The lowest BCUT2D eigenvalue weighted by Crippen LogP contribution is -2.17. The standard InChI is InChI=1S/C14H19N5/c1-9-5-6-16-10(7-9)13-17-11(14(2,3)4)8-12(18-13)19-15/h5-8H,15H2,1-4H3,(H,17,18,19). The molecule has 0 aliphatic rings. The normalized spacial score (nSPS) is 11.4. The molecule has 0 aliphatic heterocycles. The largest absolute Gasteiger partial charge is 0.308 e. The lowest BCUT2D eigenvalue weighted by atomic mass is 9.92. The number of rotatable bonds is 2. The summed E-state index contributed by atoms with van der Waals surface area (Å²) in [7, 11) is 0. The Labute approximate surface area is 113 Å². The maximum absolute atomic E-state index is 5.48. The molecule has 2 rings (SSSR count). The highest BCUT2D eigenvalue weighted by molar-refractivity contribution is 5.54. The Morgan fingerprint density at radius 2 is 1.89 bits per heavy atom. The summed E-state index contributed by atoms with van der Waals surface area (Å²) >= 11 is 0. The molecule has 0 saturated heterocycles. The second kappa shape index (κ2) is 4.93. The minimum atomic E-state index is -0.0763. The maximum Gasteiger partial charge on any atom is 0.180 e. The summed E-state index contributed by atoms with van der Waals surface area (Å²) < 4.78 is 0. The summed E-state index contributed by atoms with van der Waals surface area (Å²) in [4.78, 5) is 13.3. The van der Waals surface area contributed by atoms with Crippen molar-refractivity contribution < 1.29 is 0 Å². The van der Waals surface area contributed by atoms with Gasteiger partial charge in [0.15, 0.2) is 5.82 Å². The highest BCUT2D eigenvalue weighted by Gasteiger charge is 2.18. The smallest absolute Gasteiger partial charge is 0.180 e. The van der Waals surface area contributed by atoms with Crippen LogP contribution in [0.2, 0.25) is 0 Å². The van der Waals surface area contributed by atoms with Crippen molar-refractivity contribution in [3.63, 3.8) is 0 Å². The average Bonchev–Trinajstić information content (AvgIpc) is 2.37. The molecule has 0 unspecified atom stereocenters. The molecule has 0 aliphatic carbocycles. The van der Waals surface area contributed by atoms with Gasteiger partial charge in [-0.05, 0) is 24.6 Å². The quantitative estimate of drug-likeness (QED) is 0.638. The van der Waals surface area contributed by atoms with Gasteiger partial charge in [0.05, 0.1) is 5.69 Å². The number of hydrazine groups is 1. The number of aromatic nitrogens is 3. The average molecular weight is 257 g/mol. The van der Waals surface area contributed by atoms with Crippen molar-refractivity contribution >= 4 is 5.82 Å². The summed E-state index contributed by atoms with van der Waals surface area (Å²) in [6.45, 7) is 8.32. The van der Waals surface area contributed by atoms with E-state index in [2.05, 4.69) is 41.1 Å². The van der Waals surface area contributed by atoms with Gasteiger partial charge >= 0.3 is 0 Å². The van der Waals surface area contributed by atoms with Crippen LogP contribution in [0, 0.1) is 6.92 Å². The summed E-state index contributed by atoms with van der Waals surface area (Å²) in [5, 5.41) is 0. The van der Waals surface area contributed by atoms with Crippen molar-refractivity contribution in [1.82, 2.24) is 15.0 Å². The van der Waals surface area contributed by atoms with E-state index < -0.39 is 0 Å². The van der Waals surface area contributed by atoms with Gasteiger partial charge in [-0.3, -0.25) is 4.98 Å². The van der Waals surface area contributed by atoms with Crippen LogP contribution in [-0.4, -0.2) is 15.0 Å². The van der Waals surface area contributed by atoms with Crippen LogP contribution in [-0.2, 0) is 5.41 Å². The van der Waals surface area contributed by atoms with E-state index in [1.807, 2.05) is 25.1 Å². The molecule has 19 heavy (non-hydrogen) atoms. The molecule has 5 nitrogen and oxygen atoms in total. The predicted molar refractivity (Wildman–Crippen MR) is 76.5 cm³/mol. The molecule has 0 fully saturated rings. The van der Waals surface area contributed by atoms with Crippen LogP contribution in [0.5, 0.6) is 0 Å². The Hall–Kier alpha value is -2.01. The molecule has 0 amide bonds. The van der Waals surface area contributed by atoms with Crippen LogP contribution < -0.4 is 11.3 Å². The molecule has 100 valence electrons. The van der Waals surface area contributed by atoms with E-state index in [1.165, 1.54) is 0 Å². The third-order valence-corrected chi connectivity index (χ3v) is 2.79. The molecule has 0 saturated carbocycles. The molecule has 2 aromatic rings. The highest BCUT2D eigenvalue weighted by atomic mass is 15.3. The topological polar surface area (TPSA) is 76.7 Å². The number of anilines is 1. The second-order valence-electron chi connectivity index (χ2n) is 5.57. The van der Waals surface area contributed by atoms with Crippen LogP contribution in [0.1, 0.15) is 32.0 Å². The van der Waals surface area contributed by atoms with Crippen LogP contribution in [0.3, 0.4) is 0 Å². The molecular weight excluding hydrogens is 238 g/mol. The first kappa shape index (κ1) is 13.4. The third-order valence-electron chi connectivity index (χ3n) is 2.79. The van der Waals surface area contributed by atoms with Crippen molar-refractivity contribution in [2.75, 3.05) is 5.43 Å². The number of nitrogens with one attached hydrogen (secondary N) is 1. The van der Waals surface area contributed by atoms with Gasteiger partial charge in [0, 0.05) is 17.7 Å². The highest BCUT2D eigenvalue weighted by Crippen LogP contribution is 2.24. The Morgan fingerprint density at radius 3 is 2.47 bits per heavy atom. The summed E-state index contributed by atoms with van der Waals surface area (Å²) in [5.74, 6) is 6.66. The SMILES string of the molecule is Cc1ccnc(-c2nc(NN)cc(C(C)(C)C)n2)c1. The molecule has 0 aromatic carbocycles. The van der Waals surface area contributed by atoms with Gasteiger partial charge in [0.25, 0.3) is 0 Å². The molecule has 0 atom stereocenters. The van der Waals surface area contributed by atoms with Gasteiger partial charge in [-0.25, -0.2) is 15.8 Å². The van der Waals surface area contributed by atoms with Crippen molar-refractivity contribution in [2.24, 2.45) is 5.84 Å². The number of nitrogens with two attached hydrogens (primary N) is 1. The molecule has 2 heterocycles. The summed E-state index contributed by atoms with van der Waals surface area (Å²) in [6, 6.07) is 5.76. The Bertz CT molecular complexity index is 587. The van der Waals surface area contributed by atoms with Crippen molar-refractivity contribution in [1.29, 1.82) is 0 Å². The monoisotopic (exact) mass is 257 g/mol. The zero-order valence-corrected chi connectivity index (χ0v) is 11.7. The van der Waals surface area contributed by atoms with Crippen LogP contribution in [0.25, 0.3) is 11.5 Å². The fourth-order valence-corrected chi connectivity index (χ4v) is 1.68. The van der Waals surface area contributed by atoms with E-state index in [0.717, 1.165) is 17.0 Å². The number of aryl methyl sites for hydroxylation is 1. The van der Waals surface area contributed by atoms with Crippen molar-refractivity contribution in [3.05, 3.63) is 35.7 Å². The van der Waals surface area contributed by atoms with Gasteiger partial charge < -0.3 is 5.43 Å². The Kier molecular flexibility index (Phi) is 3.48. The molecule has 5 heteroatoms. The number of pyridine rings is 1. The molecule has 0 radical (unpaired) electrons. The first-order valence-electron chi connectivity index (χ1n) is 6.19. The first-order valence-corrected chi connectivity index (χ1v) is 6.19. The van der Waals surface area contributed by atoms with Crippen molar-refractivity contribution in [3.8, 4) is 11.5 Å². The zero-order valence-electron chi connectivity index (χ0n) is 11.7. The van der Waals surface area contributed by atoms with E-state index in [4.69, 9.17) is 5.84 Å². The minimum Gasteiger partial charge on any atom is -0.308 e. The maximum atomic E-state index is 5.48. The number of hydrogen-bond donors (Lipinski definition) is 2. The second-order valence-corrected chi connectivity index (χ2v) is 5.57. The minimum absolute atomic E-state index is 0.0763. The van der Waals surface area contributed by atoms with Gasteiger partial charge in [-0.1, -0.05) is 20.8 Å². The van der Waals surface area contributed by atoms with E-state index in [-0.39, 0.29) is 5.41 Å². The molecule has 0 spiro atoms. The number of nitrogen functional groups attached to an aromatic ring is 1. The number of nitrogens with zero attached hydrogens (tertiary/aromatic N) is 3. The van der Waals surface area contributed by atoms with Crippen LogP contribution in [0.4, 0.5) is 5.82 Å². The van der Waals surface area contributed by atoms with Crippen molar-refractivity contribution in [2.45, 2.75) is 33.1 Å². The Morgan fingerprint density at radius 1 is 1.16 bits per heavy atom. The van der Waals surface area contributed by atoms with E-state index in [0.29, 0.717) is 11.6 Å². The zero-order chi connectivity index (χ0) is 14.0. The van der Waals surface area contributed by atoms with Crippen LogP contribution in [0.15, 0.2) is 24.4 Å². The third kappa shape index (κ3) is 3.06. The first-order chi connectivity index (χ1) is 8.90. The summed E-state index contributed by atoms with van der Waals surface area (Å²) in [5.41, 5.74) is 5.31. The molecule has 3 N–H and O–H groups in total. The van der Waals surface area contributed by atoms with E-state index in [1.54, 1.807) is 6.20 Å². The van der Waals surface area contributed by atoms with Gasteiger partial charge in [-0.15, -0.1) is 0 Å². The fraction of sp³-hybridized carbons (Fsp3) is 0.357. The number of hydrogen-bond acceptors (Lipinski definition) is 5. The summed E-state index contributed by atoms with van der Waals surface area (Å²) in [6.07, 6.45) is 1.76. The fourth-order valence-electron chi connectivity index (χ4n) is 1.68. The van der Waals surface area contributed by atoms with E-state index in [9.17, 15) is 0 Å². The lowest BCUT2D eigenvalue weighted by Gasteiger charge is -2.19. The molecular formula is C14H19N5. The van der Waals surface area contributed by atoms with Gasteiger partial charge in [-0.2, -0.15) is 0 Å². The van der Waals surface area contributed by atoms with Gasteiger partial charge in [0.1, 0.15) is 11.5 Å². The van der Waals surface area contributed by atoms with Gasteiger partial charge in [0.2, 0.25) is 0 Å². The molecule has 0 bridgehead atoms. The lowest BCUT2D eigenvalue weighted by molar-refractivity contribution is 0.568.